The number of phenolic OH excluding ortho intramolecular Hbond substituents is 1. The summed E-state index contributed by atoms with van der Waals surface area (Å²) in [6, 6.07) is 4.95. The number of benzene rings is 1. The fourth-order valence-electron chi connectivity index (χ4n) is 1.26. The van der Waals surface area contributed by atoms with E-state index < -0.39 is 0 Å². The van der Waals surface area contributed by atoms with Crippen molar-refractivity contribution in [1.82, 2.24) is 4.98 Å². The van der Waals surface area contributed by atoms with Crippen LogP contribution in [-0.4, -0.2) is 17.2 Å². The number of rotatable bonds is 2. The summed E-state index contributed by atoms with van der Waals surface area (Å²) in [6.07, 6.45) is 1.46. The topological polar surface area (TPSA) is 81.5 Å². The summed E-state index contributed by atoms with van der Waals surface area (Å²) < 4.78 is 10.0. The lowest BCUT2D eigenvalue weighted by molar-refractivity contribution is 0.407. The third-order valence-corrected chi connectivity index (χ3v) is 1.99. The van der Waals surface area contributed by atoms with Crippen molar-refractivity contribution in [2.24, 2.45) is 0 Å². The number of oxazole rings is 1. The SMILES string of the molecule is COc1ccc(-c2cnc(N)o2)c(O)c1. The smallest absolute Gasteiger partial charge is 0.292 e. The lowest BCUT2D eigenvalue weighted by Gasteiger charge is -2.03. The van der Waals surface area contributed by atoms with Crippen LogP contribution in [0.5, 0.6) is 11.5 Å². The number of aromatic hydroxyl groups is 1. The Balaban J connectivity index is 2.45. The first-order valence-electron chi connectivity index (χ1n) is 4.29. The first-order valence-corrected chi connectivity index (χ1v) is 4.29. The van der Waals surface area contributed by atoms with Gasteiger partial charge in [-0.3, -0.25) is 0 Å². The molecule has 1 aromatic heterocycles. The van der Waals surface area contributed by atoms with Gasteiger partial charge in [0.05, 0.1) is 18.9 Å². The molecule has 1 heterocycles. The number of hydrogen-bond donors (Lipinski definition) is 2. The molecule has 0 radical (unpaired) electrons. The Hall–Kier alpha value is -2.17. The molecule has 0 aliphatic heterocycles. The molecular formula is C10H10N2O3. The highest BCUT2D eigenvalue weighted by Crippen LogP contribution is 2.32. The molecule has 3 N–H and O–H groups in total. The molecule has 0 bridgehead atoms. The van der Waals surface area contributed by atoms with Crippen LogP contribution >= 0.6 is 0 Å². The summed E-state index contributed by atoms with van der Waals surface area (Å²) in [6.45, 7) is 0. The second-order valence-corrected chi connectivity index (χ2v) is 2.95. The standard InChI is InChI=1S/C10H10N2O3/c1-14-6-2-3-7(8(13)4-6)9-5-12-10(11)15-9/h2-5,13H,1H3,(H2,11,12). The van der Waals surface area contributed by atoms with Crippen LogP contribution in [-0.2, 0) is 0 Å². The molecule has 0 fully saturated rings. The van der Waals surface area contributed by atoms with E-state index in [2.05, 4.69) is 4.98 Å². The first-order chi connectivity index (χ1) is 7.20. The van der Waals surface area contributed by atoms with Gasteiger partial charge >= 0.3 is 0 Å². The lowest BCUT2D eigenvalue weighted by atomic mass is 10.1. The Morgan fingerprint density at radius 1 is 1.47 bits per heavy atom. The third kappa shape index (κ3) is 1.71. The second-order valence-electron chi connectivity index (χ2n) is 2.95. The molecule has 0 aliphatic rings. The Morgan fingerprint density at radius 2 is 2.27 bits per heavy atom. The number of nitrogens with zero attached hydrogens (tertiary/aromatic N) is 1. The van der Waals surface area contributed by atoms with Gasteiger partial charge in [0, 0.05) is 6.07 Å². The molecule has 78 valence electrons. The average Bonchev–Trinajstić information content (AvgIpc) is 2.64. The van der Waals surface area contributed by atoms with Gasteiger partial charge in [-0.05, 0) is 12.1 Å². The molecular weight excluding hydrogens is 196 g/mol. The fourth-order valence-corrected chi connectivity index (χ4v) is 1.26. The number of aromatic nitrogens is 1. The number of hydrogen-bond acceptors (Lipinski definition) is 5. The molecule has 0 atom stereocenters. The van der Waals surface area contributed by atoms with Crippen molar-refractivity contribution in [2.75, 3.05) is 12.8 Å². The van der Waals surface area contributed by atoms with Gasteiger partial charge in [0.15, 0.2) is 5.76 Å². The predicted molar refractivity (Wildman–Crippen MR) is 54.6 cm³/mol. The maximum atomic E-state index is 9.68. The van der Waals surface area contributed by atoms with Crippen molar-refractivity contribution in [2.45, 2.75) is 0 Å². The number of nitrogen functional groups attached to an aromatic ring is 1. The van der Waals surface area contributed by atoms with Gasteiger partial charge in [0.25, 0.3) is 6.01 Å². The summed E-state index contributed by atoms with van der Waals surface area (Å²) in [4.78, 5) is 3.75. The normalized spacial score (nSPS) is 10.2. The molecule has 2 rings (SSSR count). The van der Waals surface area contributed by atoms with Crippen molar-refractivity contribution in [1.29, 1.82) is 0 Å². The second kappa shape index (κ2) is 3.53. The number of anilines is 1. The predicted octanol–water partition coefficient (Wildman–Crippen LogP) is 1.64. The molecule has 2 aromatic rings. The van der Waals surface area contributed by atoms with Gasteiger partial charge in [-0.2, -0.15) is 0 Å². The van der Waals surface area contributed by atoms with E-state index in [1.54, 1.807) is 12.1 Å². The molecule has 1 aromatic carbocycles. The van der Waals surface area contributed by atoms with Gasteiger partial charge in [-0.25, -0.2) is 4.98 Å². The highest BCUT2D eigenvalue weighted by Gasteiger charge is 2.09. The minimum atomic E-state index is 0.0606. The quantitative estimate of drug-likeness (QED) is 0.780. The van der Waals surface area contributed by atoms with Crippen molar-refractivity contribution >= 4 is 6.01 Å². The van der Waals surface area contributed by atoms with Crippen LogP contribution in [0, 0.1) is 0 Å². The summed E-state index contributed by atoms with van der Waals surface area (Å²) in [5.41, 5.74) is 5.87. The van der Waals surface area contributed by atoms with E-state index in [1.165, 1.54) is 19.4 Å². The Morgan fingerprint density at radius 3 is 2.80 bits per heavy atom. The number of nitrogens with two attached hydrogens (primary N) is 1. The lowest BCUT2D eigenvalue weighted by Crippen LogP contribution is -1.83. The van der Waals surface area contributed by atoms with E-state index in [9.17, 15) is 5.11 Å². The van der Waals surface area contributed by atoms with Crippen molar-refractivity contribution in [3.63, 3.8) is 0 Å². The Bertz CT molecular complexity index is 479. The maximum Gasteiger partial charge on any atom is 0.292 e. The molecule has 0 aliphatic carbocycles. The molecule has 0 amide bonds. The van der Waals surface area contributed by atoms with Crippen LogP contribution in [0.15, 0.2) is 28.8 Å². The molecule has 15 heavy (non-hydrogen) atoms. The van der Waals surface area contributed by atoms with Crippen LogP contribution in [0.25, 0.3) is 11.3 Å². The zero-order valence-corrected chi connectivity index (χ0v) is 8.10. The largest absolute Gasteiger partial charge is 0.507 e. The highest BCUT2D eigenvalue weighted by molar-refractivity contribution is 5.66. The van der Waals surface area contributed by atoms with Crippen molar-refractivity contribution < 1.29 is 14.3 Å². The van der Waals surface area contributed by atoms with Crippen molar-refractivity contribution in [3.05, 3.63) is 24.4 Å². The van der Waals surface area contributed by atoms with E-state index in [-0.39, 0.29) is 11.8 Å². The monoisotopic (exact) mass is 206 g/mol. The Labute approximate surface area is 86.1 Å². The maximum absolute atomic E-state index is 9.68. The van der Waals surface area contributed by atoms with Crippen LogP contribution in [0.4, 0.5) is 6.01 Å². The van der Waals surface area contributed by atoms with Gasteiger partial charge in [-0.1, -0.05) is 0 Å². The molecule has 5 nitrogen and oxygen atoms in total. The highest BCUT2D eigenvalue weighted by atomic mass is 16.5. The number of phenols is 1. The molecule has 0 saturated carbocycles. The summed E-state index contributed by atoms with van der Waals surface area (Å²) in [5.74, 6) is 1.06. The zero-order valence-electron chi connectivity index (χ0n) is 8.10. The first kappa shape index (κ1) is 9.39. The van der Waals surface area contributed by atoms with E-state index in [4.69, 9.17) is 14.9 Å². The fraction of sp³-hybridized carbons (Fsp3) is 0.100. The summed E-state index contributed by atoms with van der Waals surface area (Å²) >= 11 is 0. The van der Waals surface area contributed by atoms with Crippen LogP contribution in [0.2, 0.25) is 0 Å². The summed E-state index contributed by atoms with van der Waals surface area (Å²) in [5, 5.41) is 9.68. The van der Waals surface area contributed by atoms with Crippen LogP contribution < -0.4 is 10.5 Å². The van der Waals surface area contributed by atoms with Crippen molar-refractivity contribution in [3.8, 4) is 22.8 Å². The van der Waals surface area contributed by atoms with Gasteiger partial charge in [-0.15, -0.1) is 0 Å². The molecule has 5 heteroatoms. The minimum absolute atomic E-state index is 0.0606. The van der Waals surface area contributed by atoms with E-state index in [1.807, 2.05) is 0 Å². The zero-order chi connectivity index (χ0) is 10.8. The van der Waals surface area contributed by atoms with E-state index >= 15 is 0 Å². The molecule has 0 unspecified atom stereocenters. The average molecular weight is 206 g/mol. The van der Waals surface area contributed by atoms with Gasteiger partial charge < -0.3 is 20.0 Å². The summed E-state index contributed by atoms with van der Waals surface area (Å²) in [7, 11) is 1.53. The van der Waals surface area contributed by atoms with Gasteiger partial charge in [0.2, 0.25) is 0 Å². The third-order valence-electron chi connectivity index (χ3n) is 1.99. The van der Waals surface area contributed by atoms with Crippen LogP contribution in [0.3, 0.4) is 0 Å². The Kier molecular flexibility index (Phi) is 2.21. The van der Waals surface area contributed by atoms with E-state index in [0.717, 1.165) is 0 Å². The molecule has 0 saturated heterocycles. The van der Waals surface area contributed by atoms with E-state index in [0.29, 0.717) is 17.1 Å². The minimum Gasteiger partial charge on any atom is -0.507 e. The van der Waals surface area contributed by atoms with Gasteiger partial charge in [0.1, 0.15) is 11.5 Å². The molecule has 0 spiro atoms. The number of methoxy groups -OCH3 is 1. The number of ether oxygens (including phenoxy) is 1. The van der Waals surface area contributed by atoms with Crippen LogP contribution in [0.1, 0.15) is 0 Å².